The van der Waals surface area contributed by atoms with Gasteiger partial charge in [-0.1, -0.05) is 0 Å². The molecule has 1 aliphatic rings. The third-order valence-electron chi connectivity index (χ3n) is 3.52. The van der Waals surface area contributed by atoms with Gasteiger partial charge in [-0.15, -0.1) is 0 Å². The van der Waals surface area contributed by atoms with Crippen LogP contribution < -0.4 is 10.5 Å². The van der Waals surface area contributed by atoms with Crippen molar-refractivity contribution in [1.29, 1.82) is 0 Å². The first-order chi connectivity index (χ1) is 9.03. The van der Waals surface area contributed by atoms with E-state index in [1.165, 1.54) is 10.5 Å². The molecule has 1 fully saturated rings. The summed E-state index contributed by atoms with van der Waals surface area (Å²) >= 11 is 0. The first-order valence-electron chi connectivity index (χ1n) is 6.41. The molecule has 1 aliphatic heterocycles. The fraction of sp³-hybridized carbons (Fsp3) is 0.583. The molecule has 3 N–H and O–H groups in total. The molecule has 0 unspecified atom stereocenters. The highest BCUT2D eigenvalue weighted by Gasteiger charge is 2.27. The molecule has 0 aliphatic carbocycles. The minimum absolute atomic E-state index is 0.437. The molecular weight excluding hydrogens is 264 g/mol. The molecule has 19 heavy (non-hydrogen) atoms. The van der Waals surface area contributed by atoms with Crippen molar-refractivity contribution in [2.24, 2.45) is 11.7 Å². The van der Waals surface area contributed by atoms with E-state index in [0.29, 0.717) is 31.2 Å². The zero-order valence-corrected chi connectivity index (χ0v) is 11.9. The Balaban J connectivity index is 2.05. The van der Waals surface area contributed by atoms with Gasteiger partial charge in [0.05, 0.1) is 11.9 Å². The van der Waals surface area contributed by atoms with E-state index in [2.05, 4.69) is 9.71 Å². The highest BCUT2D eigenvalue weighted by atomic mass is 32.2. The molecule has 1 saturated heterocycles. The second-order valence-corrected chi connectivity index (χ2v) is 6.55. The van der Waals surface area contributed by atoms with Gasteiger partial charge in [0, 0.05) is 19.3 Å². The normalized spacial score (nSPS) is 18.4. The van der Waals surface area contributed by atoms with E-state index in [0.717, 1.165) is 18.4 Å². The summed E-state index contributed by atoms with van der Waals surface area (Å²) in [4.78, 5) is 3.94. The molecule has 2 heterocycles. The van der Waals surface area contributed by atoms with Crippen molar-refractivity contribution in [3.05, 3.63) is 24.0 Å². The SMILES string of the molecule is Cc1ccncc1NS(=O)(=O)N1CCC(CN)CC1. The van der Waals surface area contributed by atoms with Crippen LogP contribution in [0, 0.1) is 12.8 Å². The number of rotatable bonds is 4. The van der Waals surface area contributed by atoms with E-state index >= 15 is 0 Å². The fourth-order valence-electron chi connectivity index (χ4n) is 2.16. The maximum atomic E-state index is 12.3. The van der Waals surface area contributed by atoms with Crippen molar-refractivity contribution in [3.8, 4) is 0 Å². The summed E-state index contributed by atoms with van der Waals surface area (Å²) in [6, 6.07) is 1.78. The number of piperidine rings is 1. The first kappa shape index (κ1) is 14.2. The maximum absolute atomic E-state index is 12.3. The van der Waals surface area contributed by atoms with Gasteiger partial charge in [-0.05, 0) is 43.9 Å². The van der Waals surface area contributed by atoms with Gasteiger partial charge in [-0.25, -0.2) is 0 Å². The number of aromatic nitrogens is 1. The van der Waals surface area contributed by atoms with E-state index in [4.69, 9.17) is 5.73 Å². The Morgan fingerprint density at radius 1 is 1.47 bits per heavy atom. The van der Waals surface area contributed by atoms with Crippen LogP contribution in [-0.2, 0) is 10.2 Å². The van der Waals surface area contributed by atoms with Crippen LogP contribution in [0.2, 0.25) is 0 Å². The summed E-state index contributed by atoms with van der Waals surface area (Å²) in [5, 5.41) is 0. The highest BCUT2D eigenvalue weighted by Crippen LogP contribution is 2.21. The second kappa shape index (κ2) is 5.85. The van der Waals surface area contributed by atoms with Gasteiger partial charge in [0.1, 0.15) is 0 Å². The Labute approximate surface area is 114 Å². The second-order valence-electron chi connectivity index (χ2n) is 4.88. The number of anilines is 1. The molecule has 7 heteroatoms. The largest absolute Gasteiger partial charge is 0.330 e. The van der Waals surface area contributed by atoms with Gasteiger partial charge in [0.2, 0.25) is 0 Å². The summed E-state index contributed by atoms with van der Waals surface area (Å²) in [5.41, 5.74) is 7.00. The van der Waals surface area contributed by atoms with Crippen molar-refractivity contribution in [2.45, 2.75) is 19.8 Å². The monoisotopic (exact) mass is 284 g/mol. The molecule has 0 bridgehead atoms. The third-order valence-corrected chi connectivity index (χ3v) is 5.05. The van der Waals surface area contributed by atoms with E-state index in [9.17, 15) is 8.42 Å². The van der Waals surface area contributed by atoms with Crippen LogP contribution in [0.3, 0.4) is 0 Å². The van der Waals surface area contributed by atoms with Crippen LogP contribution in [0.1, 0.15) is 18.4 Å². The minimum Gasteiger partial charge on any atom is -0.330 e. The van der Waals surface area contributed by atoms with Crippen LogP contribution in [-0.4, -0.2) is 37.3 Å². The van der Waals surface area contributed by atoms with Crippen LogP contribution >= 0.6 is 0 Å². The smallest absolute Gasteiger partial charge is 0.301 e. The topological polar surface area (TPSA) is 88.3 Å². The van der Waals surface area contributed by atoms with Crippen LogP contribution in [0.5, 0.6) is 0 Å². The van der Waals surface area contributed by atoms with Gasteiger partial charge in [-0.2, -0.15) is 12.7 Å². The molecule has 0 atom stereocenters. The van der Waals surface area contributed by atoms with Gasteiger partial charge < -0.3 is 5.73 Å². The Hall–Kier alpha value is -1.18. The molecule has 1 aromatic heterocycles. The van der Waals surface area contributed by atoms with Crippen LogP contribution in [0.25, 0.3) is 0 Å². The van der Waals surface area contributed by atoms with Crippen molar-refractivity contribution < 1.29 is 8.42 Å². The Morgan fingerprint density at radius 2 is 2.16 bits per heavy atom. The van der Waals surface area contributed by atoms with Gasteiger partial charge in [0.25, 0.3) is 0 Å². The number of hydrogen-bond acceptors (Lipinski definition) is 4. The average Bonchev–Trinajstić information content (AvgIpc) is 2.41. The van der Waals surface area contributed by atoms with E-state index in [1.807, 2.05) is 6.92 Å². The average molecular weight is 284 g/mol. The number of nitrogens with one attached hydrogen (secondary N) is 1. The highest BCUT2D eigenvalue weighted by molar-refractivity contribution is 7.90. The summed E-state index contributed by atoms with van der Waals surface area (Å²) in [5.74, 6) is 0.437. The number of nitrogens with two attached hydrogens (primary N) is 1. The van der Waals surface area contributed by atoms with E-state index in [-0.39, 0.29) is 0 Å². The molecule has 2 rings (SSSR count). The third kappa shape index (κ3) is 3.43. The minimum atomic E-state index is -3.49. The lowest BCUT2D eigenvalue weighted by Crippen LogP contribution is -2.42. The maximum Gasteiger partial charge on any atom is 0.301 e. The number of hydrogen-bond donors (Lipinski definition) is 2. The molecule has 0 spiro atoms. The lowest BCUT2D eigenvalue weighted by atomic mass is 9.99. The Bertz CT molecular complexity index is 524. The zero-order chi connectivity index (χ0) is 13.9. The number of nitrogens with zero attached hydrogens (tertiary/aromatic N) is 2. The fourth-order valence-corrected chi connectivity index (χ4v) is 3.47. The molecule has 106 valence electrons. The molecule has 1 aromatic rings. The molecule has 0 radical (unpaired) electrons. The van der Waals surface area contributed by atoms with E-state index in [1.54, 1.807) is 12.3 Å². The molecule has 0 saturated carbocycles. The van der Waals surface area contributed by atoms with Crippen molar-refractivity contribution >= 4 is 15.9 Å². The van der Waals surface area contributed by atoms with Gasteiger partial charge in [0.15, 0.2) is 0 Å². The number of aryl methyl sites for hydroxylation is 1. The zero-order valence-electron chi connectivity index (χ0n) is 11.0. The lowest BCUT2D eigenvalue weighted by Gasteiger charge is -2.30. The standard InChI is InChI=1S/C12H20N4O2S/c1-10-2-5-14-9-12(10)15-19(17,18)16-6-3-11(8-13)4-7-16/h2,5,9,11,15H,3-4,6-8,13H2,1H3. The molecule has 6 nitrogen and oxygen atoms in total. The van der Waals surface area contributed by atoms with Crippen molar-refractivity contribution in [1.82, 2.24) is 9.29 Å². The number of pyridine rings is 1. The Morgan fingerprint density at radius 3 is 2.74 bits per heavy atom. The summed E-state index contributed by atoms with van der Waals surface area (Å²) < 4.78 is 28.6. The predicted molar refractivity (Wildman–Crippen MR) is 74.9 cm³/mol. The lowest BCUT2D eigenvalue weighted by molar-refractivity contribution is 0.280. The first-order valence-corrected chi connectivity index (χ1v) is 7.85. The molecular formula is C12H20N4O2S. The molecule has 0 aromatic carbocycles. The van der Waals surface area contributed by atoms with Gasteiger partial charge in [-0.3, -0.25) is 9.71 Å². The van der Waals surface area contributed by atoms with Crippen LogP contribution in [0.15, 0.2) is 18.5 Å². The van der Waals surface area contributed by atoms with E-state index < -0.39 is 10.2 Å². The summed E-state index contributed by atoms with van der Waals surface area (Å²) in [6.07, 6.45) is 4.81. The quantitative estimate of drug-likeness (QED) is 0.852. The van der Waals surface area contributed by atoms with Crippen molar-refractivity contribution in [3.63, 3.8) is 0 Å². The summed E-state index contributed by atoms with van der Waals surface area (Å²) in [7, 11) is -3.49. The molecule has 0 amide bonds. The van der Waals surface area contributed by atoms with Crippen molar-refractivity contribution in [2.75, 3.05) is 24.4 Å². The van der Waals surface area contributed by atoms with Crippen LogP contribution in [0.4, 0.5) is 5.69 Å². The van der Waals surface area contributed by atoms with Gasteiger partial charge >= 0.3 is 10.2 Å². The predicted octanol–water partition coefficient (Wildman–Crippen LogP) is 0.717. The Kier molecular flexibility index (Phi) is 4.38. The summed E-state index contributed by atoms with van der Waals surface area (Å²) in [6.45, 7) is 3.52.